The highest BCUT2D eigenvalue weighted by Crippen LogP contribution is 2.42. The summed E-state index contributed by atoms with van der Waals surface area (Å²) in [5.41, 5.74) is 6.36. The predicted molar refractivity (Wildman–Crippen MR) is 137 cm³/mol. The van der Waals surface area contributed by atoms with E-state index in [0.717, 1.165) is 11.3 Å². The van der Waals surface area contributed by atoms with Crippen LogP contribution in [0.5, 0.6) is 5.75 Å². The number of rotatable bonds is 7. The minimum atomic E-state index is -1.22. The largest absolute Gasteiger partial charge is 0.477 e. The van der Waals surface area contributed by atoms with Crippen molar-refractivity contribution in [1.29, 1.82) is 0 Å². The number of carbonyl (C=O) groups excluding carboxylic acids is 2. The van der Waals surface area contributed by atoms with Gasteiger partial charge in [0, 0.05) is 23.3 Å². The molecule has 0 spiro atoms. The van der Waals surface area contributed by atoms with Crippen molar-refractivity contribution in [1.82, 2.24) is 15.2 Å². The Kier molecular flexibility index (Phi) is 6.63. The molecule has 188 valence electrons. The minimum Gasteiger partial charge on any atom is -0.477 e. The predicted octanol–water partition coefficient (Wildman–Crippen LogP) is 1.23. The number of aryl methyl sites for hydroxylation is 1. The van der Waals surface area contributed by atoms with Crippen molar-refractivity contribution in [2.24, 2.45) is 12.2 Å². The van der Waals surface area contributed by atoms with Crippen molar-refractivity contribution in [2.75, 3.05) is 11.5 Å². The number of para-hydroxylation sites is 1. The number of thioether (sulfide) groups is 1. The number of carboxylic acids is 1. The summed E-state index contributed by atoms with van der Waals surface area (Å²) in [5, 5.41) is 18.4. The topological polar surface area (TPSA) is 151 Å². The summed E-state index contributed by atoms with van der Waals surface area (Å²) < 4.78 is 1.80. The third-order valence-corrected chi connectivity index (χ3v) is 7.69. The molecule has 2 amide bonds. The van der Waals surface area contributed by atoms with Crippen LogP contribution in [-0.4, -0.2) is 56.3 Å². The highest BCUT2D eigenvalue weighted by molar-refractivity contribution is 8.08. The molecule has 1 aromatic carbocycles. The summed E-state index contributed by atoms with van der Waals surface area (Å²) in [7, 11) is 1.80. The van der Waals surface area contributed by atoms with Crippen LogP contribution >= 0.6 is 23.1 Å². The molecule has 0 bridgehead atoms. The molecule has 0 saturated carbocycles. The highest BCUT2D eigenvalue weighted by Gasteiger charge is 2.55. The summed E-state index contributed by atoms with van der Waals surface area (Å²) in [4.78, 5) is 49.8. The molecular weight excluding hydrogens is 516 g/mol. The summed E-state index contributed by atoms with van der Waals surface area (Å²) in [6.07, 6.45) is 1.80. The average molecular weight is 538 g/mol. The molecule has 11 nitrogen and oxygen atoms in total. The lowest BCUT2D eigenvalue weighted by molar-refractivity contribution is -0.673. The van der Waals surface area contributed by atoms with Crippen molar-refractivity contribution < 1.29 is 28.9 Å². The third-order valence-electron chi connectivity index (χ3n) is 5.82. The molecule has 2 aliphatic rings. The maximum absolute atomic E-state index is 13.2. The fourth-order valence-corrected chi connectivity index (χ4v) is 5.95. The molecule has 3 aromatic rings. The zero-order valence-electron chi connectivity index (χ0n) is 19.4. The van der Waals surface area contributed by atoms with E-state index in [0.29, 0.717) is 22.1 Å². The van der Waals surface area contributed by atoms with Gasteiger partial charge in [0.25, 0.3) is 11.8 Å². The number of aliphatic carboxylic acids is 1. The molecule has 0 aliphatic carbocycles. The van der Waals surface area contributed by atoms with Crippen LogP contribution in [0.15, 0.2) is 71.0 Å². The first-order chi connectivity index (χ1) is 17.8. The number of aromatic nitrogens is 2. The molecule has 2 aromatic heterocycles. The standard InChI is InChI=1S/C24H20N6O5S2/c1-29-10-6-5-9-15(29)20-19(23(33)34)30-16(12-36-20)18(22(30)32)27-21(31)17(14-11-37-24(25)26-14)28-35-13-7-3-2-4-8-13/h2-11,16,18H,12H2,1H3,(H3-,25,26,27,31,33,34)/p+1. The van der Waals surface area contributed by atoms with E-state index < -0.39 is 29.9 Å². The number of benzene rings is 1. The number of oxime groups is 1. The van der Waals surface area contributed by atoms with Gasteiger partial charge in [0.05, 0.1) is 6.04 Å². The monoisotopic (exact) mass is 537 g/mol. The van der Waals surface area contributed by atoms with Gasteiger partial charge in [-0.2, -0.15) is 0 Å². The number of nitrogens with one attached hydrogen (secondary N) is 1. The number of nitrogens with two attached hydrogens (primary N) is 1. The number of carboxylic acid groups (broad SMARTS) is 1. The Hall–Kier alpha value is -4.23. The van der Waals surface area contributed by atoms with E-state index in [9.17, 15) is 19.5 Å². The average Bonchev–Trinajstić information content (AvgIpc) is 3.33. The van der Waals surface area contributed by atoms with Crippen molar-refractivity contribution in [2.45, 2.75) is 12.1 Å². The highest BCUT2D eigenvalue weighted by atomic mass is 32.2. The van der Waals surface area contributed by atoms with Crippen LogP contribution in [0.2, 0.25) is 0 Å². The summed E-state index contributed by atoms with van der Waals surface area (Å²) in [5.74, 6) is -1.62. The van der Waals surface area contributed by atoms with Gasteiger partial charge in [-0.15, -0.1) is 23.1 Å². The molecule has 4 heterocycles. The van der Waals surface area contributed by atoms with E-state index in [-0.39, 0.29) is 22.2 Å². The van der Waals surface area contributed by atoms with E-state index in [1.165, 1.54) is 16.7 Å². The minimum absolute atomic E-state index is 0.105. The van der Waals surface area contributed by atoms with Gasteiger partial charge in [0.1, 0.15) is 23.7 Å². The van der Waals surface area contributed by atoms with Gasteiger partial charge in [-0.25, -0.2) is 14.3 Å². The number of β-lactam (4-membered cyclic amide) rings is 1. The second-order valence-corrected chi connectivity index (χ2v) is 10.1. The molecule has 0 radical (unpaired) electrons. The van der Waals surface area contributed by atoms with E-state index in [2.05, 4.69) is 15.5 Å². The smallest absolute Gasteiger partial charge is 0.354 e. The summed E-state index contributed by atoms with van der Waals surface area (Å²) >= 11 is 2.46. The molecule has 5 rings (SSSR count). The number of thiazole rings is 1. The Balaban J connectivity index is 1.40. The molecule has 1 saturated heterocycles. The van der Waals surface area contributed by atoms with Crippen LogP contribution < -0.4 is 20.5 Å². The van der Waals surface area contributed by atoms with Gasteiger partial charge in [-0.3, -0.25) is 14.5 Å². The number of anilines is 1. The lowest BCUT2D eigenvalue weighted by Crippen LogP contribution is -2.73. The van der Waals surface area contributed by atoms with Gasteiger partial charge in [0.15, 0.2) is 28.5 Å². The molecular formula is C24H21N6O5S2+. The number of amides is 2. The third kappa shape index (κ3) is 4.66. The van der Waals surface area contributed by atoms with E-state index >= 15 is 0 Å². The summed E-state index contributed by atoms with van der Waals surface area (Å²) in [6, 6.07) is 12.6. The maximum atomic E-state index is 13.2. The quantitative estimate of drug-likeness (QED) is 0.176. The Morgan fingerprint density at radius 2 is 2.00 bits per heavy atom. The van der Waals surface area contributed by atoms with Crippen LogP contribution in [0.25, 0.3) is 4.91 Å². The Labute approximate surface area is 219 Å². The van der Waals surface area contributed by atoms with Crippen LogP contribution in [0.4, 0.5) is 5.13 Å². The SMILES string of the molecule is C[n+]1ccccc1C1=C(C(=O)O)N2C(=O)C(NC(=O)C(=NOc3ccccc3)c3csc(N)n3)C2CS1. The molecule has 2 unspecified atom stereocenters. The molecule has 1 fully saturated rings. The number of fused-ring (bicyclic) bond motifs is 1. The Morgan fingerprint density at radius 1 is 1.24 bits per heavy atom. The first-order valence-corrected chi connectivity index (χ1v) is 12.9. The second-order valence-electron chi connectivity index (χ2n) is 8.13. The van der Waals surface area contributed by atoms with Crippen molar-refractivity contribution >= 4 is 56.6 Å². The molecule has 37 heavy (non-hydrogen) atoms. The fraction of sp³-hybridized carbons (Fsp3) is 0.167. The number of nitrogen functional groups attached to an aromatic ring is 1. The first kappa shape index (κ1) is 24.5. The molecule has 2 aliphatic heterocycles. The number of pyridine rings is 1. The lowest BCUT2D eigenvalue weighted by atomic mass is 9.94. The van der Waals surface area contributed by atoms with Gasteiger partial charge >= 0.3 is 5.97 Å². The number of carbonyl (C=O) groups is 3. The lowest BCUT2D eigenvalue weighted by Gasteiger charge is -2.49. The van der Waals surface area contributed by atoms with Gasteiger partial charge in [-0.05, 0) is 18.2 Å². The Bertz CT molecular complexity index is 1450. The van der Waals surface area contributed by atoms with E-state index in [1.54, 1.807) is 59.6 Å². The molecule has 2 atom stereocenters. The van der Waals surface area contributed by atoms with Crippen LogP contribution in [0.3, 0.4) is 0 Å². The molecule has 4 N–H and O–H groups in total. The normalized spacial score (nSPS) is 19.2. The zero-order valence-corrected chi connectivity index (χ0v) is 21.0. The summed E-state index contributed by atoms with van der Waals surface area (Å²) in [6.45, 7) is 0. The van der Waals surface area contributed by atoms with Crippen molar-refractivity contribution in [3.8, 4) is 5.75 Å². The van der Waals surface area contributed by atoms with Gasteiger partial charge < -0.3 is 21.0 Å². The van der Waals surface area contributed by atoms with Crippen LogP contribution in [0.1, 0.15) is 11.4 Å². The number of hydrogen-bond donors (Lipinski definition) is 3. The van der Waals surface area contributed by atoms with Crippen LogP contribution in [-0.2, 0) is 21.4 Å². The maximum Gasteiger partial charge on any atom is 0.354 e. The fourth-order valence-electron chi connectivity index (χ4n) is 4.04. The van der Waals surface area contributed by atoms with Gasteiger partial charge in [0.2, 0.25) is 5.69 Å². The van der Waals surface area contributed by atoms with E-state index in [4.69, 9.17) is 10.6 Å². The zero-order chi connectivity index (χ0) is 26.1. The Morgan fingerprint density at radius 3 is 2.68 bits per heavy atom. The van der Waals surface area contributed by atoms with E-state index in [1.807, 2.05) is 12.1 Å². The van der Waals surface area contributed by atoms with Crippen molar-refractivity contribution in [3.05, 3.63) is 77.2 Å². The van der Waals surface area contributed by atoms with Gasteiger partial charge in [-0.1, -0.05) is 23.4 Å². The first-order valence-electron chi connectivity index (χ1n) is 11.1. The van der Waals surface area contributed by atoms with Crippen molar-refractivity contribution in [3.63, 3.8) is 0 Å². The number of hydrogen-bond acceptors (Lipinski definition) is 9. The molecule has 13 heteroatoms. The number of nitrogens with zero attached hydrogens (tertiary/aromatic N) is 4. The van der Waals surface area contributed by atoms with Crippen LogP contribution in [0, 0.1) is 0 Å². The second kappa shape index (κ2) is 10.0.